The molecule has 5 nitrogen and oxygen atoms in total. The first-order valence-electron chi connectivity index (χ1n) is 6.94. The molecule has 1 atom stereocenters. The quantitative estimate of drug-likeness (QED) is 0.913. The van der Waals surface area contributed by atoms with Crippen molar-refractivity contribution in [2.75, 3.05) is 0 Å². The largest absolute Gasteiger partial charge is 0.344 e. The Labute approximate surface area is 133 Å². The molecule has 0 unspecified atom stereocenters. The van der Waals surface area contributed by atoms with E-state index in [0.717, 1.165) is 11.3 Å². The molecule has 22 heavy (non-hydrogen) atoms. The number of aryl methyl sites for hydroxylation is 2. The van der Waals surface area contributed by atoms with Crippen LogP contribution in [0.15, 0.2) is 23.1 Å². The number of nitrogens with zero attached hydrogens (tertiary/aromatic N) is 1. The van der Waals surface area contributed by atoms with Gasteiger partial charge in [-0.2, -0.15) is 0 Å². The van der Waals surface area contributed by atoms with Crippen molar-refractivity contribution in [3.8, 4) is 0 Å². The summed E-state index contributed by atoms with van der Waals surface area (Å²) >= 11 is 6.12. The minimum Gasteiger partial charge on any atom is -0.344 e. The molecule has 0 bridgehead atoms. The average Bonchev–Trinajstić information content (AvgIpc) is 2.45. The second-order valence-corrected chi connectivity index (χ2v) is 5.67. The number of carbonyl (C=O) groups is 1. The van der Waals surface area contributed by atoms with E-state index >= 15 is 0 Å². The number of hydrogen-bond donors (Lipinski definition) is 2. The van der Waals surface area contributed by atoms with Crippen molar-refractivity contribution in [2.45, 2.75) is 33.7 Å². The third-order valence-corrected chi connectivity index (χ3v) is 4.16. The summed E-state index contributed by atoms with van der Waals surface area (Å²) in [4.78, 5) is 31.3. The molecule has 0 aliphatic rings. The summed E-state index contributed by atoms with van der Waals surface area (Å²) in [5.74, 6) is -0.460. The van der Waals surface area contributed by atoms with E-state index in [1.54, 1.807) is 20.0 Å². The standard InChI is InChI=1S/C16H18ClN3O2/c1-8-6-5-7-18-14(8)11(4)20-16(22)12-9(2)13(17)10(3)19-15(12)21/h5-7,11H,1-4H3,(H,19,21)(H,20,22)/t11-/m0/s1. The van der Waals surface area contributed by atoms with Crippen molar-refractivity contribution in [1.82, 2.24) is 15.3 Å². The number of rotatable bonds is 3. The fourth-order valence-electron chi connectivity index (χ4n) is 2.41. The summed E-state index contributed by atoms with van der Waals surface area (Å²) in [7, 11) is 0. The Morgan fingerprint density at radius 2 is 2.05 bits per heavy atom. The smallest absolute Gasteiger partial charge is 0.261 e. The molecular formula is C16H18ClN3O2. The molecule has 116 valence electrons. The van der Waals surface area contributed by atoms with E-state index in [-0.39, 0.29) is 11.6 Å². The Balaban J connectivity index is 2.33. The summed E-state index contributed by atoms with van der Waals surface area (Å²) in [6.45, 7) is 7.10. The van der Waals surface area contributed by atoms with E-state index in [4.69, 9.17) is 11.6 Å². The lowest BCUT2D eigenvalue weighted by Gasteiger charge is -2.16. The second kappa shape index (κ2) is 6.32. The second-order valence-electron chi connectivity index (χ2n) is 5.29. The van der Waals surface area contributed by atoms with Gasteiger partial charge in [0, 0.05) is 11.9 Å². The minimum atomic E-state index is -0.460. The number of aromatic amines is 1. The molecule has 0 fully saturated rings. The van der Waals surface area contributed by atoms with Crippen molar-refractivity contribution in [3.63, 3.8) is 0 Å². The topological polar surface area (TPSA) is 74.8 Å². The van der Waals surface area contributed by atoms with E-state index < -0.39 is 11.5 Å². The van der Waals surface area contributed by atoms with Gasteiger partial charge < -0.3 is 10.3 Å². The Morgan fingerprint density at radius 1 is 1.36 bits per heavy atom. The lowest BCUT2D eigenvalue weighted by atomic mass is 10.1. The Kier molecular flexibility index (Phi) is 4.66. The molecule has 6 heteroatoms. The molecule has 0 aliphatic heterocycles. The van der Waals surface area contributed by atoms with Crippen molar-refractivity contribution in [1.29, 1.82) is 0 Å². The number of H-pyrrole nitrogens is 1. The van der Waals surface area contributed by atoms with Crippen LogP contribution in [0.25, 0.3) is 0 Å². The molecule has 1 amide bonds. The van der Waals surface area contributed by atoms with Crippen LogP contribution in [-0.4, -0.2) is 15.9 Å². The molecule has 2 aromatic rings. The summed E-state index contributed by atoms with van der Waals surface area (Å²) in [6, 6.07) is 3.45. The van der Waals surface area contributed by atoms with Gasteiger partial charge in [-0.15, -0.1) is 0 Å². The Bertz CT molecular complexity index is 783. The molecule has 2 rings (SSSR count). The zero-order chi connectivity index (χ0) is 16.4. The van der Waals surface area contributed by atoms with Gasteiger partial charge in [0.1, 0.15) is 5.56 Å². The van der Waals surface area contributed by atoms with Gasteiger partial charge in [-0.25, -0.2) is 0 Å². The first kappa shape index (κ1) is 16.2. The zero-order valence-electron chi connectivity index (χ0n) is 13.0. The third-order valence-electron chi connectivity index (χ3n) is 3.60. The number of amides is 1. The molecule has 0 radical (unpaired) electrons. The van der Waals surface area contributed by atoms with Gasteiger partial charge >= 0.3 is 0 Å². The molecule has 0 saturated carbocycles. The lowest BCUT2D eigenvalue weighted by Crippen LogP contribution is -2.33. The molecule has 2 aromatic heterocycles. The highest BCUT2D eigenvalue weighted by atomic mass is 35.5. The van der Waals surface area contributed by atoms with Crippen molar-refractivity contribution >= 4 is 17.5 Å². The summed E-state index contributed by atoms with van der Waals surface area (Å²) in [6.07, 6.45) is 1.67. The number of halogens is 1. The zero-order valence-corrected chi connectivity index (χ0v) is 13.7. The van der Waals surface area contributed by atoms with Gasteiger partial charge in [-0.3, -0.25) is 14.6 Å². The van der Waals surface area contributed by atoms with Crippen LogP contribution in [0.3, 0.4) is 0 Å². The van der Waals surface area contributed by atoms with Crippen LogP contribution >= 0.6 is 11.6 Å². The van der Waals surface area contributed by atoms with E-state index in [1.807, 2.05) is 26.0 Å². The normalized spacial score (nSPS) is 12.0. The summed E-state index contributed by atoms with van der Waals surface area (Å²) < 4.78 is 0. The number of carbonyl (C=O) groups excluding carboxylic acids is 1. The van der Waals surface area contributed by atoms with Gasteiger partial charge in [-0.05, 0) is 44.9 Å². The van der Waals surface area contributed by atoms with E-state index in [2.05, 4.69) is 15.3 Å². The maximum Gasteiger partial charge on any atom is 0.261 e. The summed E-state index contributed by atoms with van der Waals surface area (Å²) in [5, 5.41) is 3.20. The van der Waals surface area contributed by atoms with Gasteiger partial charge in [0.2, 0.25) is 0 Å². The third kappa shape index (κ3) is 3.04. The maximum atomic E-state index is 12.4. The molecule has 0 aliphatic carbocycles. The van der Waals surface area contributed by atoms with Gasteiger partial charge in [-0.1, -0.05) is 17.7 Å². The average molecular weight is 320 g/mol. The highest BCUT2D eigenvalue weighted by Crippen LogP contribution is 2.20. The fourth-order valence-corrected chi connectivity index (χ4v) is 2.55. The molecule has 0 saturated heterocycles. The number of hydrogen-bond acceptors (Lipinski definition) is 3. The first-order valence-corrected chi connectivity index (χ1v) is 7.32. The van der Waals surface area contributed by atoms with E-state index in [1.165, 1.54) is 0 Å². The van der Waals surface area contributed by atoms with Crippen LogP contribution in [0.4, 0.5) is 0 Å². The predicted octanol–water partition coefficient (Wildman–Crippen LogP) is 2.84. The predicted molar refractivity (Wildman–Crippen MR) is 86.4 cm³/mol. The highest BCUT2D eigenvalue weighted by Gasteiger charge is 2.20. The van der Waals surface area contributed by atoms with Gasteiger partial charge in [0.05, 0.1) is 16.8 Å². The molecule has 0 aromatic carbocycles. The minimum absolute atomic E-state index is 0.0380. The Morgan fingerprint density at radius 3 is 2.68 bits per heavy atom. The van der Waals surface area contributed by atoms with Crippen LogP contribution in [0.5, 0.6) is 0 Å². The van der Waals surface area contributed by atoms with Crippen molar-refractivity contribution in [3.05, 3.63) is 61.8 Å². The van der Waals surface area contributed by atoms with E-state index in [9.17, 15) is 9.59 Å². The summed E-state index contributed by atoms with van der Waals surface area (Å²) in [5.41, 5.74) is 2.36. The highest BCUT2D eigenvalue weighted by molar-refractivity contribution is 6.32. The van der Waals surface area contributed by atoms with Crippen LogP contribution in [0, 0.1) is 20.8 Å². The number of nitrogens with one attached hydrogen (secondary N) is 2. The maximum absolute atomic E-state index is 12.4. The van der Waals surface area contributed by atoms with Crippen LogP contribution in [0.1, 0.15) is 45.8 Å². The monoisotopic (exact) mass is 319 g/mol. The molecular weight excluding hydrogens is 302 g/mol. The molecule has 2 heterocycles. The van der Waals surface area contributed by atoms with Crippen molar-refractivity contribution in [2.24, 2.45) is 0 Å². The van der Waals surface area contributed by atoms with Crippen LogP contribution in [0.2, 0.25) is 5.02 Å². The first-order chi connectivity index (χ1) is 10.3. The van der Waals surface area contributed by atoms with Gasteiger partial charge in [0.25, 0.3) is 11.5 Å². The van der Waals surface area contributed by atoms with Crippen LogP contribution in [-0.2, 0) is 0 Å². The fraction of sp³-hybridized carbons (Fsp3) is 0.312. The molecule has 0 spiro atoms. The SMILES string of the molecule is Cc1cccnc1[C@H](C)NC(=O)c1c(C)c(Cl)c(C)[nH]c1=O. The lowest BCUT2D eigenvalue weighted by molar-refractivity contribution is 0.0937. The number of pyridine rings is 2. The van der Waals surface area contributed by atoms with Crippen LogP contribution < -0.4 is 10.9 Å². The molecule has 2 N–H and O–H groups in total. The van der Waals surface area contributed by atoms with E-state index in [0.29, 0.717) is 16.3 Å². The Hall–Kier alpha value is -2.14. The van der Waals surface area contributed by atoms with Crippen molar-refractivity contribution < 1.29 is 4.79 Å². The van der Waals surface area contributed by atoms with Gasteiger partial charge in [0.15, 0.2) is 0 Å². The number of aromatic nitrogens is 2.